The van der Waals surface area contributed by atoms with Crippen molar-refractivity contribution in [2.75, 3.05) is 5.32 Å². The number of halogens is 1. The van der Waals surface area contributed by atoms with Crippen LogP contribution in [0.1, 0.15) is 24.3 Å². The van der Waals surface area contributed by atoms with E-state index in [1.807, 2.05) is 19.1 Å². The Morgan fingerprint density at radius 3 is 2.96 bits per heavy atom. The fourth-order valence-electron chi connectivity index (χ4n) is 2.16. The number of benzene rings is 1. The molecule has 0 aliphatic carbocycles. The van der Waals surface area contributed by atoms with Gasteiger partial charge in [-0.1, -0.05) is 22.8 Å². The molecule has 7 heteroatoms. The van der Waals surface area contributed by atoms with Crippen LogP contribution in [0.3, 0.4) is 0 Å². The zero-order valence-electron chi connectivity index (χ0n) is 13.1. The van der Waals surface area contributed by atoms with E-state index in [4.69, 9.17) is 20.5 Å². The number of carbonyl (C=O) groups excluding carboxylic acids is 1. The monoisotopic (exact) mass is 345 g/mol. The summed E-state index contributed by atoms with van der Waals surface area (Å²) in [6.45, 7) is 1.91. The van der Waals surface area contributed by atoms with E-state index in [9.17, 15) is 4.79 Å². The van der Waals surface area contributed by atoms with Gasteiger partial charge in [0, 0.05) is 23.6 Å². The number of hydrogen-bond acceptors (Lipinski definition) is 5. The minimum atomic E-state index is -0.0827. The third-order valence-corrected chi connectivity index (χ3v) is 3.87. The summed E-state index contributed by atoms with van der Waals surface area (Å²) < 4.78 is 10.3. The van der Waals surface area contributed by atoms with E-state index in [0.29, 0.717) is 47.4 Å². The first-order valence-corrected chi connectivity index (χ1v) is 7.92. The van der Waals surface area contributed by atoms with Gasteiger partial charge in [-0.3, -0.25) is 4.79 Å². The van der Waals surface area contributed by atoms with Crippen molar-refractivity contribution in [1.29, 1.82) is 0 Å². The Kier molecular flexibility index (Phi) is 4.96. The summed E-state index contributed by atoms with van der Waals surface area (Å²) in [5.41, 5.74) is 1.66. The average molecular weight is 346 g/mol. The van der Waals surface area contributed by atoms with Crippen molar-refractivity contribution in [3.8, 4) is 11.6 Å². The number of hydrogen-bond donors (Lipinski definition) is 1. The van der Waals surface area contributed by atoms with Crippen LogP contribution in [0.15, 0.2) is 45.5 Å². The molecule has 0 aliphatic rings. The molecule has 1 N–H and O–H groups in total. The summed E-state index contributed by atoms with van der Waals surface area (Å²) in [5.74, 6) is 1.36. The highest BCUT2D eigenvalue weighted by atomic mass is 35.5. The number of carbonyl (C=O) groups is 1. The van der Waals surface area contributed by atoms with Crippen molar-refractivity contribution < 1.29 is 13.7 Å². The lowest BCUT2D eigenvalue weighted by molar-refractivity contribution is -0.116. The molecule has 0 spiro atoms. The van der Waals surface area contributed by atoms with Crippen molar-refractivity contribution in [1.82, 2.24) is 10.1 Å². The lowest BCUT2D eigenvalue weighted by Gasteiger charge is -2.06. The molecule has 0 bridgehead atoms. The van der Waals surface area contributed by atoms with Crippen LogP contribution in [0, 0.1) is 6.92 Å². The molecular formula is C17H16ClN3O3. The van der Waals surface area contributed by atoms with Crippen molar-refractivity contribution in [3.63, 3.8) is 0 Å². The maximum absolute atomic E-state index is 12.0. The Balaban J connectivity index is 1.47. The summed E-state index contributed by atoms with van der Waals surface area (Å²) in [7, 11) is 0. The van der Waals surface area contributed by atoms with Crippen LogP contribution < -0.4 is 5.32 Å². The van der Waals surface area contributed by atoms with E-state index in [2.05, 4.69) is 15.5 Å². The van der Waals surface area contributed by atoms with Crippen molar-refractivity contribution in [2.24, 2.45) is 0 Å². The summed E-state index contributed by atoms with van der Waals surface area (Å²) in [4.78, 5) is 16.2. The predicted octanol–water partition coefficient (Wildman–Crippen LogP) is 4.25. The minimum absolute atomic E-state index is 0.0827. The van der Waals surface area contributed by atoms with Crippen LogP contribution in [0.2, 0.25) is 5.02 Å². The van der Waals surface area contributed by atoms with Gasteiger partial charge in [0.1, 0.15) is 0 Å². The topological polar surface area (TPSA) is 81.2 Å². The molecule has 1 aromatic carbocycles. The van der Waals surface area contributed by atoms with Gasteiger partial charge in [-0.15, -0.1) is 0 Å². The van der Waals surface area contributed by atoms with E-state index >= 15 is 0 Å². The average Bonchev–Trinajstić information content (AvgIpc) is 3.22. The van der Waals surface area contributed by atoms with Crippen molar-refractivity contribution >= 4 is 23.2 Å². The number of nitrogens with one attached hydrogen (secondary N) is 1. The largest absolute Gasteiger partial charge is 0.461 e. The van der Waals surface area contributed by atoms with Crippen LogP contribution in [0.5, 0.6) is 0 Å². The Bertz CT molecular complexity index is 827. The van der Waals surface area contributed by atoms with Crippen LogP contribution in [-0.4, -0.2) is 16.0 Å². The molecule has 1 amide bonds. The van der Waals surface area contributed by atoms with Gasteiger partial charge in [-0.2, -0.15) is 4.98 Å². The highest BCUT2D eigenvalue weighted by molar-refractivity contribution is 6.31. The first kappa shape index (κ1) is 16.3. The number of amides is 1. The molecule has 0 fully saturated rings. The number of anilines is 1. The van der Waals surface area contributed by atoms with E-state index in [0.717, 1.165) is 5.56 Å². The van der Waals surface area contributed by atoms with Gasteiger partial charge in [0.25, 0.3) is 0 Å². The number of rotatable bonds is 6. The Morgan fingerprint density at radius 2 is 2.21 bits per heavy atom. The second-order valence-corrected chi connectivity index (χ2v) is 5.76. The number of aryl methyl sites for hydroxylation is 2. The van der Waals surface area contributed by atoms with Gasteiger partial charge >= 0.3 is 0 Å². The maximum Gasteiger partial charge on any atom is 0.238 e. The van der Waals surface area contributed by atoms with Crippen LogP contribution in [-0.2, 0) is 11.2 Å². The lowest BCUT2D eigenvalue weighted by atomic mass is 10.2. The number of furan rings is 1. The molecule has 0 aliphatic heterocycles. The fourth-order valence-corrected chi connectivity index (χ4v) is 2.34. The van der Waals surface area contributed by atoms with Gasteiger partial charge < -0.3 is 14.3 Å². The fraction of sp³-hybridized carbons (Fsp3) is 0.235. The number of aromatic nitrogens is 2. The SMILES string of the molecule is Cc1ccc(NC(=O)CCCc2nc(-c3ccco3)no2)cc1Cl. The Labute approximate surface area is 143 Å². The summed E-state index contributed by atoms with van der Waals surface area (Å²) in [6.07, 6.45) is 3.03. The van der Waals surface area contributed by atoms with E-state index in [1.54, 1.807) is 24.5 Å². The number of nitrogens with zero attached hydrogens (tertiary/aromatic N) is 2. The van der Waals surface area contributed by atoms with E-state index < -0.39 is 0 Å². The molecule has 0 atom stereocenters. The Hall–Kier alpha value is -2.60. The first-order valence-electron chi connectivity index (χ1n) is 7.54. The normalized spacial score (nSPS) is 10.8. The van der Waals surface area contributed by atoms with Crippen LogP contribution in [0.25, 0.3) is 11.6 Å². The summed E-state index contributed by atoms with van der Waals surface area (Å²) in [6, 6.07) is 8.95. The molecule has 3 aromatic rings. The molecule has 6 nitrogen and oxygen atoms in total. The molecule has 3 rings (SSSR count). The van der Waals surface area contributed by atoms with Gasteiger partial charge in [-0.05, 0) is 43.2 Å². The van der Waals surface area contributed by atoms with Gasteiger partial charge in [0.05, 0.1) is 6.26 Å². The molecule has 0 radical (unpaired) electrons. The molecule has 2 aromatic heterocycles. The molecule has 2 heterocycles. The highest BCUT2D eigenvalue weighted by Gasteiger charge is 2.11. The first-order chi connectivity index (χ1) is 11.6. The van der Waals surface area contributed by atoms with E-state index in [1.165, 1.54) is 0 Å². The van der Waals surface area contributed by atoms with E-state index in [-0.39, 0.29) is 5.91 Å². The highest BCUT2D eigenvalue weighted by Crippen LogP contribution is 2.20. The zero-order chi connectivity index (χ0) is 16.9. The third kappa shape index (κ3) is 4.02. The van der Waals surface area contributed by atoms with Gasteiger partial charge in [-0.25, -0.2) is 0 Å². The zero-order valence-corrected chi connectivity index (χ0v) is 13.8. The minimum Gasteiger partial charge on any atom is -0.461 e. The van der Waals surface area contributed by atoms with Crippen LogP contribution >= 0.6 is 11.6 Å². The van der Waals surface area contributed by atoms with Crippen LogP contribution in [0.4, 0.5) is 5.69 Å². The van der Waals surface area contributed by atoms with Gasteiger partial charge in [0.15, 0.2) is 5.76 Å². The quantitative estimate of drug-likeness (QED) is 0.722. The second kappa shape index (κ2) is 7.31. The maximum atomic E-state index is 12.0. The third-order valence-electron chi connectivity index (χ3n) is 3.46. The summed E-state index contributed by atoms with van der Waals surface area (Å²) >= 11 is 6.04. The molecule has 0 saturated carbocycles. The Morgan fingerprint density at radius 1 is 1.33 bits per heavy atom. The molecule has 124 valence electrons. The molecular weight excluding hydrogens is 330 g/mol. The second-order valence-electron chi connectivity index (χ2n) is 5.35. The van der Waals surface area contributed by atoms with Crippen molar-refractivity contribution in [3.05, 3.63) is 53.1 Å². The predicted molar refractivity (Wildman–Crippen MR) is 89.8 cm³/mol. The molecule has 0 unspecified atom stereocenters. The van der Waals surface area contributed by atoms with Gasteiger partial charge in [0.2, 0.25) is 17.6 Å². The molecule has 0 saturated heterocycles. The smallest absolute Gasteiger partial charge is 0.238 e. The standard InChI is InChI=1S/C17H16ClN3O3/c1-11-7-8-12(10-13(11)18)19-15(22)5-2-6-16-20-17(21-24-16)14-4-3-9-23-14/h3-4,7-10H,2,5-6H2,1H3,(H,19,22). The lowest BCUT2D eigenvalue weighted by Crippen LogP contribution is -2.11. The molecule has 24 heavy (non-hydrogen) atoms. The summed E-state index contributed by atoms with van der Waals surface area (Å²) in [5, 5.41) is 7.29. The van der Waals surface area contributed by atoms with Crippen molar-refractivity contribution in [2.45, 2.75) is 26.2 Å².